The average molecular weight is 464 g/mol. The van der Waals surface area contributed by atoms with Gasteiger partial charge in [-0.2, -0.15) is 13.2 Å². The molecule has 0 saturated heterocycles. The number of carbonyl (C=O) groups excluding carboxylic acids is 1. The molecule has 6 nitrogen and oxygen atoms in total. The van der Waals surface area contributed by atoms with E-state index in [1.165, 1.54) is 43.5 Å². The number of carbonyl (C=O) groups is 1. The highest BCUT2D eigenvalue weighted by molar-refractivity contribution is 7.92. The van der Waals surface area contributed by atoms with Gasteiger partial charge in [0.05, 0.1) is 23.3 Å². The van der Waals surface area contributed by atoms with Crippen LogP contribution in [-0.2, 0) is 21.0 Å². The van der Waals surface area contributed by atoms with E-state index in [1.54, 1.807) is 18.2 Å². The number of sulfonamides is 1. The predicted molar refractivity (Wildman–Crippen MR) is 114 cm³/mol. The summed E-state index contributed by atoms with van der Waals surface area (Å²) in [6, 6.07) is 17.6. The van der Waals surface area contributed by atoms with Crippen molar-refractivity contribution in [3.8, 4) is 5.75 Å². The normalized spacial score (nSPS) is 11.6. The minimum atomic E-state index is -4.50. The van der Waals surface area contributed by atoms with Crippen molar-refractivity contribution in [2.24, 2.45) is 0 Å². The zero-order valence-corrected chi connectivity index (χ0v) is 17.7. The summed E-state index contributed by atoms with van der Waals surface area (Å²) in [6.45, 7) is -0.584. The quantitative estimate of drug-likeness (QED) is 0.557. The van der Waals surface area contributed by atoms with E-state index in [2.05, 4.69) is 5.32 Å². The number of halogens is 3. The number of hydrogen-bond donors (Lipinski definition) is 1. The van der Waals surface area contributed by atoms with Gasteiger partial charge in [-0.25, -0.2) is 8.42 Å². The van der Waals surface area contributed by atoms with E-state index in [1.807, 2.05) is 0 Å². The van der Waals surface area contributed by atoms with Crippen molar-refractivity contribution in [3.63, 3.8) is 0 Å². The molecule has 0 aromatic heterocycles. The van der Waals surface area contributed by atoms with Crippen LogP contribution in [0, 0.1) is 0 Å². The van der Waals surface area contributed by atoms with Crippen LogP contribution in [0.15, 0.2) is 83.8 Å². The summed E-state index contributed by atoms with van der Waals surface area (Å²) < 4.78 is 70.6. The minimum absolute atomic E-state index is 0.0514. The van der Waals surface area contributed by atoms with Gasteiger partial charge in [0.1, 0.15) is 12.3 Å². The molecular formula is C22H19F3N2O4S. The molecule has 1 amide bonds. The van der Waals surface area contributed by atoms with Gasteiger partial charge in [-0.05, 0) is 60.7 Å². The summed E-state index contributed by atoms with van der Waals surface area (Å²) in [4.78, 5) is 12.5. The molecular weight excluding hydrogens is 445 g/mol. The lowest BCUT2D eigenvalue weighted by Crippen LogP contribution is -2.38. The number of para-hydroxylation sites is 1. The lowest BCUT2D eigenvalue weighted by atomic mass is 10.2. The van der Waals surface area contributed by atoms with Gasteiger partial charge in [0.2, 0.25) is 5.91 Å². The van der Waals surface area contributed by atoms with Gasteiger partial charge < -0.3 is 10.1 Å². The number of anilines is 2. The van der Waals surface area contributed by atoms with Crippen LogP contribution >= 0.6 is 0 Å². The fourth-order valence-corrected chi connectivity index (χ4v) is 4.28. The molecule has 0 aliphatic carbocycles. The van der Waals surface area contributed by atoms with E-state index in [4.69, 9.17) is 4.74 Å². The Kier molecular flexibility index (Phi) is 6.73. The van der Waals surface area contributed by atoms with Crippen LogP contribution in [0.1, 0.15) is 5.56 Å². The summed E-state index contributed by atoms with van der Waals surface area (Å²) in [7, 11) is -2.67. The first-order chi connectivity index (χ1) is 15.1. The van der Waals surface area contributed by atoms with E-state index >= 15 is 0 Å². The highest BCUT2D eigenvalue weighted by Crippen LogP contribution is 2.30. The Labute approximate surface area is 183 Å². The molecule has 32 heavy (non-hydrogen) atoms. The number of nitrogens with zero attached hydrogens (tertiary/aromatic N) is 1. The van der Waals surface area contributed by atoms with Crippen LogP contribution in [0.2, 0.25) is 0 Å². The van der Waals surface area contributed by atoms with Gasteiger partial charge >= 0.3 is 6.18 Å². The Hall–Kier alpha value is -3.53. The third kappa shape index (κ3) is 5.38. The fourth-order valence-electron chi connectivity index (χ4n) is 2.86. The first-order valence-corrected chi connectivity index (χ1v) is 10.7. The van der Waals surface area contributed by atoms with Crippen molar-refractivity contribution < 1.29 is 31.1 Å². The van der Waals surface area contributed by atoms with Crippen LogP contribution in [0.3, 0.4) is 0 Å². The van der Waals surface area contributed by atoms with E-state index in [-0.39, 0.29) is 16.3 Å². The monoisotopic (exact) mass is 464 g/mol. The van der Waals surface area contributed by atoms with E-state index in [0.29, 0.717) is 5.75 Å². The number of benzene rings is 3. The molecule has 3 aromatic rings. The van der Waals surface area contributed by atoms with Crippen molar-refractivity contribution in [3.05, 3.63) is 84.4 Å². The van der Waals surface area contributed by atoms with E-state index in [9.17, 15) is 26.4 Å². The summed E-state index contributed by atoms with van der Waals surface area (Å²) in [5, 5.41) is 2.43. The Bertz CT molecular complexity index is 1160. The van der Waals surface area contributed by atoms with Crippen molar-refractivity contribution in [2.45, 2.75) is 11.1 Å². The van der Waals surface area contributed by atoms with Crippen molar-refractivity contribution in [2.75, 3.05) is 23.3 Å². The van der Waals surface area contributed by atoms with Crippen molar-refractivity contribution in [1.82, 2.24) is 0 Å². The zero-order valence-electron chi connectivity index (χ0n) is 16.8. The maximum atomic E-state index is 13.3. The third-order valence-electron chi connectivity index (χ3n) is 4.47. The second kappa shape index (κ2) is 9.31. The third-order valence-corrected chi connectivity index (χ3v) is 6.26. The van der Waals surface area contributed by atoms with Crippen LogP contribution in [0.5, 0.6) is 5.75 Å². The molecule has 0 aliphatic rings. The highest BCUT2D eigenvalue weighted by atomic mass is 32.2. The summed E-state index contributed by atoms with van der Waals surface area (Å²) in [6.07, 6.45) is -4.50. The van der Waals surface area contributed by atoms with Crippen LogP contribution in [0.4, 0.5) is 24.5 Å². The Morgan fingerprint density at radius 1 is 0.938 bits per heavy atom. The number of nitrogens with one attached hydrogen (secondary N) is 1. The number of rotatable bonds is 7. The van der Waals surface area contributed by atoms with Gasteiger partial charge in [-0.15, -0.1) is 0 Å². The van der Waals surface area contributed by atoms with E-state index in [0.717, 1.165) is 28.6 Å². The van der Waals surface area contributed by atoms with Gasteiger partial charge in [0.25, 0.3) is 10.0 Å². The summed E-state index contributed by atoms with van der Waals surface area (Å²) in [5.41, 5.74) is -0.493. The summed E-state index contributed by atoms with van der Waals surface area (Å²) >= 11 is 0. The molecule has 0 spiro atoms. The molecule has 0 aliphatic heterocycles. The molecule has 0 atom stereocenters. The molecule has 0 fully saturated rings. The molecule has 0 unspecified atom stereocenters. The number of alkyl halides is 3. The first-order valence-electron chi connectivity index (χ1n) is 9.30. The molecule has 0 heterocycles. The number of amides is 1. The lowest BCUT2D eigenvalue weighted by molar-refractivity contribution is -0.137. The van der Waals surface area contributed by atoms with Gasteiger partial charge in [0, 0.05) is 5.69 Å². The molecule has 1 N–H and O–H groups in total. The van der Waals surface area contributed by atoms with Crippen molar-refractivity contribution >= 4 is 27.3 Å². The molecule has 0 saturated carbocycles. The van der Waals surface area contributed by atoms with Crippen LogP contribution in [-0.4, -0.2) is 28.0 Å². The molecule has 10 heteroatoms. The van der Waals surface area contributed by atoms with Gasteiger partial charge in [-0.3, -0.25) is 9.10 Å². The lowest BCUT2D eigenvalue weighted by Gasteiger charge is -2.24. The molecule has 0 bridgehead atoms. The smallest absolute Gasteiger partial charge is 0.416 e. The Balaban J connectivity index is 1.85. The number of hydrogen-bond acceptors (Lipinski definition) is 4. The van der Waals surface area contributed by atoms with Gasteiger partial charge in [0.15, 0.2) is 0 Å². The molecule has 168 valence electrons. The second-order valence-corrected chi connectivity index (χ2v) is 8.51. The second-order valence-electron chi connectivity index (χ2n) is 6.65. The number of methoxy groups -OCH3 is 1. The molecule has 3 aromatic carbocycles. The average Bonchev–Trinajstić information content (AvgIpc) is 2.77. The van der Waals surface area contributed by atoms with Crippen LogP contribution in [0.25, 0.3) is 0 Å². The maximum Gasteiger partial charge on any atom is 0.416 e. The maximum absolute atomic E-state index is 13.3. The standard InChI is InChI=1S/C22H19F3N2O4S/c1-31-19-11-13-20(14-12-19)32(29,30)27(18-5-3-2-4-6-18)15-21(28)26-17-9-7-16(8-10-17)22(23,24)25/h2-14H,15H2,1H3,(H,26,28). The number of ether oxygens (including phenoxy) is 1. The van der Waals surface area contributed by atoms with Crippen LogP contribution < -0.4 is 14.4 Å². The van der Waals surface area contributed by atoms with Gasteiger partial charge in [-0.1, -0.05) is 18.2 Å². The zero-order chi connectivity index (χ0) is 23.4. The molecule has 3 rings (SSSR count). The molecule has 0 radical (unpaired) electrons. The SMILES string of the molecule is COc1ccc(S(=O)(=O)N(CC(=O)Nc2ccc(C(F)(F)F)cc2)c2ccccc2)cc1. The minimum Gasteiger partial charge on any atom is -0.497 e. The van der Waals surface area contributed by atoms with E-state index < -0.39 is 34.2 Å². The predicted octanol–water partition coefficient (Wildman–Crippen LogP) is 4.55. The fraction of sp³-hybridized carbons (Fsp3) is 0.136. The largest absolute Gasteiger partial charge is 0.497 e. The Morgan fingerprint density at radius 3 is 2.06 bits per heavy atom. The Morgan fingerprint density at radius 2 is 1.53 bits per heavy atom. The topological polar surface area (TPSA) is 75.7 Å². The first kappa shape index (κ1) is 23.1. The summed E-state index contributed by atoms with van der Waals surface area (Å²) in [5.74, 6) is -0.249. The highest BCUT2D eigenvalue weighted by Gasteiger charge is 2.30. The van der Waals surface area contributed by atoms with Crippen molar-refractivity contribution in [1.29, 1.82) is 0 Å².